The average molecular weight is 300 g/mol. The quantitative estimate of drug-likeness (QED) is 0.940. The molecule has 0 aliphatic carbocycles. The van der Waals surface area contributed by atoms with Crippen LogP contribution in [0.2, 0.25) is 0 Å². The highest BCUT2D eigenvalue weighted by molar-refractivity contribution is 5.79. The van der Waals surface area contributed by atoms with Gasteiger partial charge in [0.15, 0.2) is 0 Å². The summed E-state index contributed by atoms with van der Waals surface area (Å²) < 4.78 is 5.59. The minimum Gasteiger partial charge on any atom is -0.376 e. The van der Waals surface area contributed by atoms with E-state index in [1.807, 2.05) is 30.3 Å². The van der Waals surface area contributed by atoms with E-state index in [0.29, 0.717) is 18.7 Å². The average Bonchev–Trinajstić information content (AvgIpc) is 3.00. The Morgan fingerprint density at radius 2 is 2.23 bits per heavy atom. The predicted molar refractivity (Wildman–Crippen MR) is 84.6 cm³/mol. The zero-order chi connectivity index (χ0) is 15.5. The molecule has 0 saturated carbocycles. The highest BCUT2D eigenvalue weighted by atomic mass is 16.5. The molecule has 5 heteroatoms. The van der Waals surface area contributed by atoms with Crippen LogP contribution in [0.3, 0.4) is 0 Å². The first-order valence-corrected chi connectivity index (χ1v) is 7.61. The number of nitrogens with zero attached hydrogens (tertiary/aromatic N) is 1. The molecule has 2 aromatic rings. The van der Waals surface area contributed by atoms with Crippen molar-refractivity contribution in [1.29, 1.82) is 0 Å². The van der Waals surface area contributed by atoms with E-state index in [1.54, 1.807) is 4.90 Å². The molecule has 3 rings (SSSR count). The number of hydrogen-bond acceptors (Lipinski definition) is 3. The summed E-state index contributed by atoms with van der Waals surface area (Å²) in [6.45, 7) is 3.15. The smallest absolute Gasteiger partial charge is 0.253 e. The molecule has 1 N–H and O–H groups in total. The first-order chi connectivity index (χ1) is 10.6. The number of benzene rings is 1. The Bertz CT molecular complexity index is 732. The number of rotatable bonds is 4. The van der Waals surface area contributed by atoms with Gasteiger partial charge in [-0.25, -0.2) is 0 Å². The van der Waals surface area contributed by atoms with Crippen LogP contribution < -0.4 is 5.56 Å². The Balaban J connectivity index is 1.84. The fourth-order valence-corrected chi connectivity index (χ4v) is 2.85. The number of nitrogens with one attached hydrogen (secondary N) is 1. The zero-order valence-electron chi connectivity index (χ0n) is 12.7. The van der Waals surface area contributed by atoms with Crippen molar-refractivity contribution in [3.63, 3.8) is 0 Å². The van der Waals surface area contributed by atoms with E-state index in [0.717, 1.165) is 30.4 Å². The number of carbonyl (C=O) groups is 1. The van der Waals surface area contributed by atoms with Crippen LogP contribution in [0.5, 0.6) is 0 Å². The van der Waals surface area contributed by atoms with Crippen molar-refractivity contribution in [3.05, 3.63) is 46.2 Å². The van der Waals surface area contributed by atoms with Crippen molar-refractivity contribution in [3.8, 4) is 0 Å². The van der Waals surface area contributed by atoms with Crippen molar-refractivity contribution in [2.75, 3.05) is 13.2 Å². The van der Waals surface area contributed by atoms with Gasteiger partial charge in [0.1, 0.15) is 0 Å². The highest BCUT2D eigenvalue weighted by Crippen LogP contribution is 2.16. The summed E-state index contributed by atoms with van der Waals surface area (Å²) >= 11 is 0. The third-order valence-corrected chi connectivity index (χ3v) is 4.08. The molecule has 116 valence electrons. The molecule has 1 atom stereocenters. The molecular formula is C17H20N2O3. The summed E-state index contributed by atoms with van der Waals surface area (Å²) in [5.74, 6) is -0.0388. The van der Waals surface area contributed by atoms with Gasteiger partial charge in [-0.3, -0.25) is 9.59 Å². The number of H-pyrrole nitrogens is 1. The fraction of sp³-hybridized carbons (Fsp3) is 0.412. The molecule has 0 bridgehead atoms. The van der Waals surface area contributed by atoms with Crippen molar-refractivity contribution >= 4 is 16.8 Å². The summed E-state index contributed by atoms with van der Waals surface area (Å²) in [6.07, 6.45) is 2.09. The van der Waals surface area contributed by atoms with Gasteiger partial charge in [-0.15, -0.1) is 0 Å². The molecule has 5 nitrogen and oxygen atoms in total. The number of para-hydroxylation sites is 1. The number of hydrogen-bond donors (Lipinski definition) is 1. The summed E-state index contributed by atoms with van der Waals surface area (Å²) in [5.41, 5.74) is 1.27. The number of aromatic nitrogens is 1. The van der Waals surface area contributed by atoms with Gasteiger partial charge in [0.05, 0.1) is 12.6 Å². The third-order valence-electron chi connectivity index (χ3n) is 4.08. The van der Waals surface area contributed by atoms with Gasteiger partial charge in [0.25, 0.3) is 5.56 Å². The summed E-state index contributed by atoms with van der Waals surface area (Å²) in [6, 6.07) is 9.50. The normalized spacial score (nSPS) is 17.8. The Kier molecular flexibility index (Phi) is 4.24. The molecule has 2 heterocycles. The van der Waals surface area contributed by atoms with E-state index in [1.165, 1.54) is 6.92 Å². The maximum Gasteiger partial charge on any atom is 0.253 e. The summed E-state index contributed by atoms with van der Waals surface area (Å²) in [5, 5.41) is 0.970. The van der Waals surface area contributed by atoms with E-state index >= 15 is 0 Å². The molecule has 1 aliphatic heterocycles. The zero-order valence-corrected chi connectivity index (χ0v) is 12.7. The van der Waals surface area contributed by atoms with E-state index in [2.05, 4.69) is 4.98 Å². The van der Waals surface area contributed by atoms with E-state index < -0.39 is 0 Å². The molecule has 1 aromatic carbocycles. The Hall–Kier alpha value is -2.14. The van der Waals surface area contributed by atoms with E-state index in [4.69, 9.17) is 4.74 Å². The van der Waals surface area contributed by atoms with Crippen LogP contribution in [0.15, 0.2) is 35.1 Å². The number of fused-ring (bicyclic) bond motifs is 1. The molecule has 1 unspecified atom stereocenters. The van der Waals surface area contributed by atoms with Crippen LogP contribution in [0.1, 0.15) is 25.3 Å². The summed E-state index contributed by atoms with van der Waals surface area (Å²) in [7, 11) is 0. The van der Waals surface area contributed by atoms with Gasteiger partial charge < -0.3 is 14.6 Å². The van der Waals surface area contributed by atoms with Crippen molar-refractivity contribution in [2.45, 2.75) is 32.4 Å². The second-order valence-corrected chi connectivity index (χ2v) is 5.75. The number of amides is 1. The maximum absolute atomic E-state index is 12.2. The Labute approximate surface area is 128 Å². The van der Waals surface area contributed by atoms with Crippen molar-refractivity contribution < 1.29 is 9.53 Å². The first kappa shape index (κ1) is 14.8. The van der Waals surface area contributed by atoms with Gasteiger partial charge in [-0.2, -0.15) is 0 Å². The lowest BCUT2D eigenvalue weighted by Gasteiger charge is -2.24. The molecule has 0 spiro atoms. The van der Waals surface area contributed by atoms with Crippen LogP contribution in [0.4, 0.5) is 0 Å². The van der Waals surface area contributed by atoms with Crippen molar-refractivity contribution in [2.24, 2.45) is 0 Å². The maximum atomic E-state index is 12.2. The third kappa shape index (κ3) is 3.20. The standard InChI is InChI=1S/C17H20N2O3/c1-12(20)19(11-15-6-4-8-22-15)10-14-9-13-5-2-3-7-16(13)18-17(14)21/h2-3,5,7,9,15H,4,6,8,10-11H2,1H3,(H,18,21). The minimum absolute atomic E-state index is 0.0388. The lowest BCUT2D eigenvalue weighted by molar-refractivity contribution is -0.131. The monoisotopic (exact) mass is 300 g/mol. The van der Waals surface area contributed by atoms with Crippen LogP contribution in [0, 0.1) is 0 Å². The molecule has 1 aliphatic rings. The molecule has 1 aromatic heterocycles. The number of aromatic amines is 1. The first-order valence-electron chi connectivity index (χ1n) is 7.61. The minimum atomic E-state index is -0.141. The molecule has 22 heavy (non-hydrogen) atoms. The second kappa shape index (κ2) is 6.32. The predicted octanol–water partition coefficient (Wildman–Crippen LogP) is 2.06. The lowest BCUT2D eigenvalue weighted by atomic mass is 10.1. The van der Waals surface area contributed by atoms with Gasteiger partial charge >= 0.3 is 0 Å². The molecule has 1 saturated heterocycles. The number of carbonyl (C=O) groups excluding carboxylic acids is 1. The largest absolute Gasteiger partial charge is 0.376 e. The lowest BCUT2D eigenvalue weighted by Crippen LogP contribution is -2.36. The van der Waals surface area contributed by atoms with E-state index in [-0.39, 0.29) is 17.6 Å². The van der Waals surface area contributed by atoms with Gasteiger partial charge in [-0.1, -0.05) is 18.2 Å². The summed E-state index contributed by atoms with van der Waals surface area (Å²) in [4.78, 5) is 28.6. The second-order valence-electron chi connectivity index (χ2n) is 5.75. The Morgan fingerprint density at radius 1 is 1.41 bits per heavy atom. The molecular weight excluding hydrogens is 280 g/mol. The van der Waals surface area contributed by atoms with Crippen LogP contribution in [-0.2, 0) is 16.1 Å². The fourth-order valence-electron chi connectivity index (χ4n) is 2.85. The van der Waals surface area contributed by atoms with E-state index in [9.17, 15) is 9.59 Å². The van der Waals surface area contributed by atoms with Crippen molar-refractivity contribution in [1.82, 2.24) is 9.88 Å². The van der Waals surface area contributed by atoms with Crippen LogP contribution in [-0.4, -0.2) is 35.0 Å². The topological polar surface area (TPSA) is 62.4 Å². The molecule has 1 amide bonds. The van der Waals surface area contributed by atoms with Gasteiger partial charge in [0, 0.05) is 31.2 Å². The van der Waals surface area contributed by atoms with Gasteiger partial charge in [0.2, 0.25) is 5.91 Å². The molecule has 0 radical (unpaired) electrons. The van der Waals surface area contributed by atoms with Gasteiger partial charge in [-0.05, 0) is 30.4 Å². The van der Waals surface area contributed by atoms with Crippen LogP contribution in [0.25, 0.3) is 10.9 Å². The number of ether oxygens (including phenoxy) is 1. The SMILES string of the molecule is CC(=O)N(Cc1cc2ccccc2[nH]c1=O)CC1CCCO1. The van der Waals surface area contributed by atoms with Crippen LogP contribution >= 0.6 is 0 Å². The molecule has 1 fully saturated rings. The Morgan fingerprint density at radius 3 is 2.95 bits per heavy atom. The highest BCUT2D eigenvalue weighted by Gasteiger charge is 2.21. The number of pyridine rings is 1.